The molecule has 13 heteroatoms. The van der Waals surface area contributed by atoms with Crippen LogP contribution in [0, 0.1) is 0 Å². The van der Waals surface area contributed by atoms with Crippen molar-refractivity contribution < 1.29 is 24.2 Å². The molecule has 6 N–H and O–H groups in total. The van der Waals surface area contributed by atoms with Crippen molar-refractivity contribution in [2.24, 2.45) is 10.7 Å². The number of carbonyl (C=O) groups excluding carboxylic acids is 2. The first kappa shape index (κ1) is 30.0. The van der Waals surface area contributed by atoms with Crippen molar-refractivity contribution in [3.05, 3.63) is 76.7 Å². The summed E-state index contributed by atoms with van der Waals surface area (Å²) in [6, 6.07) is 5.72. The van der Waals surface area contributed by atoms with Crippen LogP contribution < -0.4 is 31.2 Å². The fraction of sp³-hybridized carbons (Fsp3) is 0.160. The summed E-state index contributed by atoms with van der Waals surface area (Å²) in [6.07, 6.45) is 3.56. The van der Waals surface area contributed by atoms with Crippen molar-refractivity contribution in [1.82, 2.24) is 4.90 Å². The number of amides is 3. The largest absolute Gasteiger partial charge is 0.495 e. The Hall–Kier alpha value is -4.19. The third-order valence-corrected chi connectivity index (χ3v) is 5.72. The minimum Gasteiger partial charge on any atom is -0.495 e. The van der Waals surface area contributed by atoms with E-state index in [1.807, 2.05) is 0 Å². The molecule has 2 aromatic carbocycles. The molecule has 11 nitrogen and oxygen atoms in total. The maximum atomic E-state index is 13.1. The lowest BCUT2D eigenvalue weighted by molar-refractivity contribution is -0.111. The Balaban J connectivity index is 2.34. The Morgan fingerprint density at radius 1 is 1.11 bits per heavy atom. The second-order valence-corrected chi connectivity index (χ2v) is 8.19. The predicted molar refractivity (Wildman–Crippen MR) is 151 cm³/mol. The highest BCUT2D eigenvalue weighted by atomic mass is 35.5. The molecule has 0 saturated carbocycles. The van der Waals surface area contributed by atoms with E-state index in [4.69, 9.17) is 38.4 Å². The number of aliphatic imine (C=N–C) groups is 1. The highest BCUT2D eigenvalue weighted by Crippen LogP contribution is 2.44. The molecule has 202 valence electrons. The summed E-state index contributed by atoms with van der Waals surface area (Å²) in [6.45, 7) is 7.15. The number of rotatable bonds is 11. The Morgan fingerprint density at radius 2 is 1.74 bits per heavy atom. The Labute approximate surface area is 230 Å². The fourth-order valence-electron chi connectivity index (χ4n) is 3.04. The van der Waals surface area contributed by atoms with Gasteiger partial charge in [-0.05, 0) is 23.8 Å². The van der Waals surface area contributed by atoms with Crippen molar-refractivity contribution in [3.8, 4) is 11.5 Å². The fourth-order valence-corrected chi connectivity index (χ4v) is 3.63. The highest BCUT2D eigenvalue weighted by molar-refractivity contribution is 6.41. The van der Waals surface area contributed by atoms with Gasteiger partial charge in [0.05, 0.1) is 44.2 Å². The zero-order valence-electron chi connectivity index (χ0n) is 21.0. The number of carbonyl (C=O) groups is 2. The summed E-state index contributed by atoms with van der Waals surface area (Å²) < 4.78 is 10.4. The molecule has 0 aliphatic heterocycles. The third kappa shape index (κ3) is 7.42. The van der Waals surface area contributed by atoms with Gasteiger partial charge in [-0.15, -0.1) is 0 Å². The molecule has 3 amide bonds. The van der Waals surface area contributed by atoms with Crippen LogP contribution >= 0.6 is 23.2 Å². The standard InChI is InChI=1S/C25H28Cl2N6O5/c1-6-21(35)31-17-10-15(12-34)7-8-16(17)30-14(2)9-20(29-13-28)33(3)25(36)32-24-22(26)18(37-4)11-19(38-5)23(24)27/h6-11,13,30,34H,1-2,12H2,3-5H3,(H2,28,29)(H,31,35)(H,32,36)/b20-9+. The van der Waals surface area contributed by atoms with E-state index in [1.54, 1.807) is 18.2 Å². The van der Waals surface area contributed by atoms with Gasteiger partial charge in [0.25, 0.3) is 0 Å². The summed E-state index contributed by atoms with van der Waals surface area (Å²) in [5.74, 6) is 0.130. The van der Waals surface area contributed by atoms with Gasteiger partial charge < -0.3 is 36.3 Å². The van der Waals surface area contributed by atoms with Gasteiger partial charge in [-0.25, -0.2) is 9.79 Å². The van der Waals surface area contributed by atoms with Crippen LogP contribution in [0.3, 0.4) is 0 Å². The number of halogens is 2. The van der Waals surface area contributed by atoms with Crippen LogP contribution in [-0.2, 0) is 11.4 Å². The van der Waals surface area contributed by atoms with Crippen molar-refractivity contribution in [3.63, 3.8) is 0 Å². The van der Waals surface area contributed by atoms with Crippen molar-refractivity contribution in [2.45, 2.75) is 6.61 Å². The second-order valence-electron chi connectivity index (χ2n) is 7.44. The monoisotopic (exact) mass is 562 g/mol. The number of hydrogen-bond acceptors (Lipinski definition) is 7. The maximum Gasteiger partial charge on any atom is 0.327 e. The molecule has 0 aromatic heterocycles. The van der Waals surface area contributed by atoms with Gasteiger partial charge in [0.2, 0.25) is 5.91 Å². The summed E-state index contributed by atoms with van der Waals surface area (Å²) in [5, 5.41) is 17.9. The maximum absolute atomic E-state index is 13.1. The molecule has 0 fully saturated rings. The second kappa shape index (κ2) is 13.9. The lowest BCUT2D eigenvalue weighted by Gasteiger charge is -2.21. The molecule has 2 aromatic rings. The van der Waals surface area contributed by atoms with E-state index < -0.39 is 11.9 Å². The molecule has 38 heavy (non-hydrogen) atoms. The number of nitrogens with two attached hydrogens (primary N) is 1. The minimum absolute atomic E-state index is 0.0689. The molecule has 0 heterocycles. The molecule has 0 spiro atoms. The van der Waals surface area contributed by atoms with E-state index in [0.29, 0.717) is 16.9 Å². The number of ether oxygens (including phenoxy) is 2. The van der Waals surface area contributed by atoms with Crippen LogP contribution in [0.2, 0.25) is 10.0 Å². The first-order chi connectivity index (χ1) is 18.1. The van der Waals surface area contributed by atoms with Crippen molar-refractivity contribution in [2.75, 3.05) is 37.2 Å². The van der Waals surface area contributed by atoms with Gasteiger partial charge in [0.15, 0.2) is 0 Å². The first-order valence-corrected chi connectivity index (χ1v) is 11.6. The predicted octanol–water partition coefficient (Wildman–Crippen LogP) is 4.55. The summed E-state index contributed by atoms with van der Waals surface area (Å²) >= 11 is 12.7. The molecule has 0 saturated heterocycles. The topological polar surface area (TPSA) is 151 Å². The molecule has 0 atom stereocenters. The number of anilines is 3. The smallest absolute Gasteiger partial charge is 0.327 e. The molecule has 0 bridgehead atoms. The summed E-state index contributed by atoms with van der Waals surface area (Å²) in [4.78, 5) is 30.1. The number of nitrogens with one attached hydrogen (secondary N) is 3. The molecule has 0 unspecified atom stereocenters. The number of allylic oxidation sites excluding steroid dienone is 1. The minimum atomic E-state index is -0.667. The number of hydrogen-bond donors (Lipinski definition) is 5. The number of aliphatic hydroxyl groups is 1. The zero-order chi connectivity index (χ0) is 28.4. The molecule has 0 aliphatic carbocycles. The van der Waals surface area contributed by atoms with E-state index >= 15 is 0 Å². The van der Waals surface area contributed by atoms with Crippen LogP contribution in [-0.4, -0.2) is 49.6 Å². The normalized spacial score (nSPS) is 11.1. The lowest BCUT2D eigenvalue weighted by atomic mass is 10.1. The Morgan fingerprint density at radius 3 is 2.26 bits per heavy atom. The van der Waals surface area contributed by atoms with Gasteiger partial charge in [0.1, 0.15) is 27.4 Å². The third-order valence-electron chi connectivity index (χ3n) is 4.97. The Bertz CT molecular complexity index is 1270. The average molecular weight is 563 g/mol. The Kier molecular flexibility index (Phi) is 11.0. The molecule has 2 rings (SSSR count). The van der Waals surface area contributed by atoms with Gasteiger partial charge >= 0.3 is 6.03 Å². The van der Waals surface area contributed by atoms with E-state index in [2.05, 4.69) is 34.1 Å². The van der Waals surface area contributed by atoms with Crippen LogP contribution in [0.5, 0.6) is 11.5 Å². The highest BCUT2D eigenvalue weighted by Gasteiger charge is 2.22. The van der Waals surface area contributed by atoms with Crippen molar-refractivity contribution in [1.29, 1.82) is 0 Å². The molecular formula is C25H28Cl2N6O5. The van der Waals surface area contributed by atoms with Crippen LogP contribution in [0.1, 0.15) is 5.56 Å². The van der Waals surface area contributed by atoms with E-state index in [0.717, 1.165) is 17.3 Å². The van der Waals surface area contributed by atoms with Crippen molar-refractivity contribution >= 4 is 58.5 Å². The van der Waals surface area contributed by atoms with E-state index in [9.17, 15) is 14.7 Å². The first-order valence-electron chi connectivity index (χ1n) is 10.8. The summed E-state index contributed by atoms with van der Waals surface area (Å²) in [7, 11) is 4.26. The number of aliphatic hydroxyl groups excluding tert-OH is 1. The van der Waals surface area contributed by atoms with Gasteiger partial charge in [-0.2, -0.15) is 0 Å². The van der Waals surface area contributed by atoms with Crippen LogP contribution in [0.4, 0.5) is 21.9 Å². The summed E-state index contributed by atoms with van der Waals surface area (Å²) in [5.41, 5.74) is 7.27. The number of nitrogens with zero attached hydrogens (tertiary/aromatic N) is 2. The van der Waals surface area contributed by atoms with Gasteiger partial charge in [0, 0.05) is 24.9 Å². The van der Waals surface area contributed by atoms with E-state index in [1.165, 1.54) is 33.4 Å². The number of methoxy groups -OCH3 is 2. The number of benzene rings is 2. The SMILES string of the molecule is C=CC(=O)Nc1cc(CO)ccc1NC(=C)/C=C(\N=CN)N(C)C(=O)Nc1c(Cl)c(OC)cc(OC)c1Cl. The van der Waals surface area contributed by atoms with Crippen LogP contribution in [0.25, 0.3) is 0 Å². The molecule has 0 aliphatic rings. The van der Waals surface area contributed by atoms with Crippen LogP contribution in [0.15, 0.2) is 66.1 Å². The lowest BCUT2D eigenvalue weighted by Crippen LogP contribution is -2.31. The molecule has 0 radical (unpaired) electrons. The van der Waals surface area contributed by atoms with Gasteiger partial charge in [-0.3, -0.25) is 9.69 Å². The average Bonchev–Trinajstić information content (AvgIpc) is 2.91. The molecular weight excluding hydrogens is 535 g/mol. The van der Waals surface area contributed by atoms with E-state index in [-0.39, 0.29) is 45.4 Å². The van der Waals surface area contributed by atoms with Gasteiger partial charge in [-0.1, -0.05) is 42.4 Å². The zero-order valence-corrected chi connectivity index (χ0v) is 22.5. The number of urea groups is 1. The quantitative estimate of drug-likeness (QED) is 0.117.